The zero-order chi connectivity index (χ0) is 20.5. The van der Waals surface area contributed by atoms with E-state index in [-0.39, 0.29) is 11.1 Å². The highest BCUT2D eigenvalue weighted by molar-refractivity contribution is 6.80. The van der Waals surface area contributed by atoms with Crippen molar-refractivity contribution >= 4 is 32.0 Å². The molecule has 27 heavy (non-hydrogen) atoms. The van der Waals surface area contributed by atoms with E-state index in [0.29, 0.717) is 38.5 Å². The van der Waals surface area contributed by atoms with Crippen molar-refractivity contribution in [1.82, 2.24) is 0 Å². The van der Waals surface area contributed by atoms with Crippen LogP contribution < -0.4 is 0 Å². The number of carboxylic acids is 4. The Hall–Kier alpha value is -1.90. The summed E-state index contributed by atoms with van der Waals surface area (Å²) in [5, 5.41) is 37.5. The highest BCUT2D eigenvalue weighted by atomic mass is 28.3. The average molecular weight is 401 g/mol. The van der Waals surface area contributed by atoms with Crippen LogP contribution in [0.4, 0.5) is 0 Å². The second-order valence-electron chi connectivity index (χ2n) is 8.62. The van der Waals surface area contributed by atoms with Crippen LogP contribution in [0, 0.1) is 23.7 Å². The van der Waals surface area contributed by atoms with E-state index in [2.05, 4.69) is 13.1 Å². The fraction of sp³-hybridized carbons (Fsp3) is 0.778. The molecule has 2 fully saturated rings. The van der Waals surface area contributed by atoms with E-state index < -0.39 is 55.6 Å². The van der Waals surface area contributed by atoms with Crippen LogP contribution in [0.3, 0.4) is 0 Å². The Labute approximate surface area is 158 Å². The Kier molecular flexibility index (Phi) is 6.34. The second kappa shape index (κ2) is 8.00. The first-order valence-electron chi connectivity index (χ1n) is 9.38. The summed E-state index contributed by atoms with van der Waals surface area (Å²) in [4.78, 5) is 45.9. The Morgan fingerprint density at radius 1 is 0.593 bits per heavy atom. The standard InChI is InChI=1S/C18H28O8Si/c1-27(2,9-3-5-11(15(19)20)13(7-9)17(23)24)10-4-6-12(16(21)22)14(8-10)18(25)26/h9-14H,3-8H2,1-2H3,(H,19,20)(H,21,22)(H,23,24)(H,25,26). The van der Waals surface area contributed by atoms with Crippen LogP contribution in [-0.2, 0) is 19.2 Å². The van der Waals surface area contributed by atoms with Crippen LogP contribution in [0.1, 0.15) is 38.5 Å². The molecule has 0 aliphatic heterocycles. The quantitative estimate of drug-likeness (QED) is 0.497. The minimum Gasteiger partial charge on any atom is -0.481 e. The number of hydrogen-bond acceptors (Lipinski definition) is 4. The van der Waals surface area contributed by atoms with Gasteiger partial charge in [0.25, 0.3) is 0 Å². The summed E-state index contributed by atoms with van der Waals surface area (Å²) in [5.74, 6) is -7.92. The number of hydrogen-bond donors (Lipinski definition) is 4. The normalized spacial score (nSPS) is 34.6. The second-order valence-corrected chi connectivity index (χ2v) is 13.9. The molecule has 0 amide bonds. The molecule has 0 aromatic rings. The first kappa shape index (κ1) is 21.4. The molecule has 0 heterocycles. The topological polar surface area (TPSA) is 149 Å². The molecule has 0 spiro atoms. The molecule has 6 atom stereocenters. The molecule has 0 aromatic heterocycles. The fourth-order valence-corrected chi connectivity index (χ4v) is 9.37. The zero-order valence-electron chi connectivity index (χ0n) is 15.6. The number of carboxylic acid groups (broad SMARTS) is 4. The molecule has 2 saturated carbocycles. The molecule has 2 aliphatic rings. The Bertz CT molecular complexity index is 579. The summed E-state index contributed by atoms with van der Waals surface area (Å²) in [7, 11) is -2.12. The highest BCUT2D eigenvalue weighted by Gasteiger charge is 2.50. The summed E-state index contributed by atoms with van der Waals surface area (Å²) < 4.78 is 0. The minimum absolute atomic E-state index is 0.0926. The van der Waals surface area contributed by atoms with Crippen molar-refractivity contribution in [2.75, 3.05) is 0 Å². The third kappa shape index (κ3) is 4.34. The molecule has 9 heteroatoms. The van der Waals surface area contributed by atoms with Crippen LogP contribution in [-0.4, -0.2) is 52.4 Å². The maximum atomic E-state index is 11.6. The predicted molar refractivity (Wildman–Crippen MR) is 97.2 cm³/mol. The number of rotatable bonds is 6. The Morgan fingerprint density at radius 3 is 1.15 bits per heavy atom. The van der Waals surface area contributed by atoms with Gasteiger partial charge in [-0.2, -0.15) is 0 Å². The lowest BCUT2D eigenvalue weighted by molar-refractivity contribution is -0.155. The van der Waals surface area contributed by atoms with E-state index in [1.54, 1.807) is 0 Å². The largest absolute Gasteiger partial charge is 0.481 e. The van der Waals surface area contributed by atoms with Crippen LogP contribution in [0.2, 0.25) is 24.2 Å². The van der Waals surface area contributed by atoms with Gasteiger partial charge in [0.1, 0.15) is 0 Å². The molecule has 4 N–H and O–H groups in total. The summed E-state index contributed by atoms with van der Waals surface area (Å²) in [5.41, 5.74) is 0.185. The van der Waals surface area contributed by atoms with E-state index in [4.69, 9.17) is 0 Å². The molecule has 0 aromatic carbocycles. The van der Waals surface area contributed by atoms with Gasteiger partial charge in [-0.15, -0.1) is 0 Å². The van der Waals surface area contributed by atoms with Crippen LogP contribution in [0.15, 0.2) is 0 Å². The number of aliphatic carboxylic acids is 4. The SMILES string of the molecule is C[Si](C)(C1CCC(C(=O)O)C(C(=O)O)C1)C1CCC(C(=O)O)C(C(=O)O)C1. The maximum Gasteiger partial charge on any atom is 0.307 e. The predicted octanol–water partition coefficient (Wildman–Crippen LogP) is 2.61. The van der Waals surface area contributed by atoms with Gasteiger partial charge >= 0.3 is 23.9 Å². The van der Waals surface area contributed by atoms with Gasteiger partial charge < -0.3 is 20.4 Å². The molecule has 2 rings (SSSR count). The van der Waals surface area contributed by atoms with E-state index in [1.807, 2.05) is 0 Å². The molecule has 0 bridgehead atoms. The van der Waals surface area contributed by atoms with Crippen molar-refractivity contribution in [1.29, 1.82) is 0 Å². The van der Waals surface area contributed by atoms with Gasteiger partial charge in [0, 0.05) is 0 Å². The lowest BCUT2D eigenvalue weighted by Gasteiger charge is -2.47. The van der Waals surface area contributed by atoms with Gasteiger partial charge in [-0.05, 0) is 36.8 Å². The Balaban J connectivity index is 2.18. The van der Waals surface area contributed by atoms with Gasteiger partial charge in [0.15, 0.2) is 0 Å². The average Bonchev–Trinajstić information content (AvgIpc) is 2.60. The Morgan fingerprint density at radius 2 is 0.889 bits per heavy atom. The monoisotopic (exact) mass is 400 g/mol. The third-order valence-electron chi connectivity index (χ3n) is 7.07. The first-order valence-corrected chi connectivity index (χ1v) is 12.5. The van der Waals surface area contributed by atoms with E-state index >= 15 is 0 Å². The van der Waals surface area contributed by atoms with Crippen molar-refractivity contribution in [3.8, 4) is 0 Å². The summed E-state index contributed by atoms with van der Waals surface area (Å²) in [6.45, 7) is 4.23. The van der Waals surface area contributed by atoms with Crippen molar-refractivity contribution in [2.24, 2.45) is 23.7 Å². The van der Waals surface area contributed by atoms with Crippen LogP contribution >= 0.6 is 0 Å². The lowest BCUT2D eigenvalue weighted by atomic mass is 9.78. The van der Waals surface area contributed by atoms with Crippen molar-refractivity contribution in [3.63, 3.8) is 0 Å². The van der Waals surface area contributed by atoms with Crippen LogP contribution in [0.5, 0.6) is 0 Å². The maximum absolute atomic E-state index is 11.6. The minimum atomic E-state index is -2.12. The highest BCUT2D eigenvalue weighted by Crippen LogP contribution is 2.52. The lowest BCUT2D eigenvalue weighted by Crippen LogP contribution is -2.47. The van der Waals surface area contributed by atoms with Gasteiger partial charge in [-0.25, -0.2) is 0 Å². The van der Waals surface area contributed by atoms with E-state index in [0.717, 1.165) is 0 Å². The molecule has 6 unspecified atom stereocenters. The fourth-order valence-electron chi connectivity index (χ4n) is 5.16. The molecule has 0 saturated heterocycles. The van der Waals surface area contributed by atoms with Gasteiger partial charge in [-0.1, -0.05) is 25.9 Å². The van der Waals surface area contributed by atoms with Gasteiger partial charge in [-0.3, -0.25) is 19.2 Å². The summed E-state index contributed by atoms with van der Waals surface area (Å²) in [6.07, 6.45) is 2.53. The smallest absolute Gasteiger partial charge is 0.307 e. The zero-order valence-corrected chi connectivity index (χ0v) is 16.6. The van der Waals surface area contributed by atoms with Gasteiger partial charge in [0.05, 0.1) is 31.7 Å². The summed E-state index contributed by atoms with van der Waals surface area (Å²) >= 11 is 0. The van der Waals surface area contributed by atoms with Crippen molar-refractivity contribution in [3.05, 3.63) is 0 Å². The molecular formula is C18H28O8Si. The van der Waals surface area contributed by atoms with Crippen molar-refractivity contribution < 1.29 is 39.6 Å². The van der Waals surface area contributed by atoms with Crippen molar-refractivity contribution in [2.45, 2.75) is 62.7 Å². The molecule has 8 nitrogen and oxygen atoms in total. The van der Waals surface area contributed by atoms with E-state index in [1.165, 1.54) is 0 Å². The summed E-state index contributed by atoms with van der Waals surface area (Å²) in [6, 6.07) is 0. The van der Waals surface area contributed by atoms with Gasteiger partial charge in [0.2, 0.25) is 0 Å². The van der Waals surface area contributed by atoms with E-state index in [9.17, 15) is 39.6 Å². The molecular weight excluding hydrogens is 372 g/mol. The molecule has 0 radical (unpaired) electrons. The number of carbonyl (C=O) groups is 4. The van der Waals surface area contributed by atoms with Crippen LogP contribution in [0.25, 0.3) is 0 Å². The molecule has 2 aliphatic carbocycles. The molecule has 152 valence electrons. The first-order chi connectivity index (χ1) is 12.5. The third-order valence-corrected chi connectivity index (χ3v) is 12.3.